The fourth-order valence-electron chi connectivity index (χ4n) is 2.57. The minimum atomic E-state index is -4.41. The second-order valence-corrected chi connectivity index (χ2v) is 6.17. The molecule has 0 saturated heterocycles. The highest BCUT2D eigenvalue weighted by Crippen LogP contribution is 2.29. The average Bonchev–Trinajstić information content (AvgIpc) is 2.54. The number of hydrogen-bond acceptors (Lipinski definition) is 2. The van der Waals surface area contributed by atoms with E-state index in [4.69, 9.17) is 0 Å². The molecule has 0 aromatic heterocycles. The van der Waals surface area contributed by atoms with Gasteiger partial charge < -0.3 is 10.2 Å². The van der Waals surface area contributed by atoms with Crippen LogP contribution in [0.1, 0.15) is 22.7 Å². The maximum atomic E-state index is 12.8. The van der Waals surface area contributed by atoms with Gasteiger partial charge in [0.25, 0.3) is 0 Å². The van der Waals surface area contributed by atoms with E-state index in [0.29, 0.717) is 12.1 Å². The lowest BCUT2D eigenvalue weighted by Gasteiger charge is -2.23. The van der Waals surface area contributed by atoms with Crippen molar-refractivity contribution in [2.24, 2.45) is 0 Å². The van der Waals surface area contributed by atoms with E-state index in [1.54, 1.807) is 0 Å². The molecule has 0 aliphatic heterocycles. The number of carbonyl (C=O) groups excluding carboxylic acids is 1. The van der Waals surface area contributed by atoms with E-state index in [2.05, 4.69) is 5.32 Å². The molecule has 1 atom stereocenters. The molecule has 1 N–H and O–H groups in total. The number of carbonyl (C=O) groups is 1. The SMILES string of the molecule is CN(C)CC(NC(=O)Cc1cccc(C(F)(F)F)c1)c1ccccc1. The Labute approximate surface area is 145 Å². The van der Waals surface area contributed by atoms with Crippen LogP contribution in [0, 0.1) is 0 Å². The Balaban J connectivity index is 2.09. The first kappa shape index (κ1) is 19.0. The number of halogens is 3. The van der Waals surface area contributed by atoms with Gasteiger partial charge in [0.05, 0.1) is 18.0 Å². The molecule has 0 heterocycles. The lowest BCUT2D eigenvalue weighted by atomic mass is 10.0. The number of nitrogens with zero attached hydrogens (tertiary/aromatic N) is 1. The molecule has 2 aromatic rings. The first-order valence-electron chi connectivity index (χ1n) is 7.91. The highest BCUT2D eigenvalue weighted by Gasteiger charge is 2.30. The third-order valence-corrected chi connectivity index (χ3v) is 3.70. The number of benzene rings is 2. The van der Waals surface area contributed by atoms with Gasteiger partial charge in [0, 0.05) is 6.54 Å². The van der Waals surface area contributed by atoms with E-state index in [-0.39, 0.29) is 18.4 Å². The number of rotatable bonds is 6. The van der Waals surface area contributed by atoms with Crippen molar-refractivity contribution in [1.82, 2.24) is 10.2 Å². The monoisotopic (exact) mass is 350 g/mol. The van der Waals surface area contributed by atoms with Gasteiger partial charge in [0.1, 0.15) is 0 Å². The zero-order valence-electron chi connectivity index (χ0n) is 14.2. The van der Waals surface area contributed by atoms with Crippen LogP contribution in [0.25, 0.3) is 0 Å². The fraction of sp³-hybridized carbons (Fsp3) is 0.316. The Bertz CT molecular complexity index is 699. The molecule has 0 aliphatic rings. The fourth-order valence-corrected chi connectivity index (χ4v) is 2.57. The van der Waals surface area contributed by atoms with Gasteiger partial charge in [0.2, 0.25) is 5.91 Å². The maximum absolute atomic E-state index is 12.8. The van der Waals surface area contributed by atoms with E-state index < -0.39 is 11.7 Å². The smallest absolute Gasteiger partial charge is 0.348 e. The Kier molecular flexibility index (Phi) is 6.20. The molecule has 1 unspecified atom stereocenters. The molecule has 2 rings (SSSR count). The van der Waals surface area contributed by atoms with Gasteiger partial charge in [0.15, 0.2) is 0 Å². The molecule has 0 bridgehead atoms. The van der Waals surface area contributed by atoms with Crippen molar-refractivity contribution in [2.75, 3.05) is 20.6 Å². The molecule has 0 aliphatic carbocycles. The van der Waals surface area contributed by atoms with E-state index in [0.717, 1.165) is 17.7 Å². The van der Waals surface area contributed by atoms with Crippen LogP contribution in [0.2, 0.25) is 0 Å². The van der Waals surface area contributed by atoms with Crippen molar-refractivity contribution in [3.63, 3.8) is 0 Å². The molecule has 0 radical (unpaired) electrons. The van der Waals surface area contributed by atoms with Crippen molar-refractivity contribution in [3.05, 3.63) is 71.3 Å². The summed E-state index contributed by atoms with van der Waals surface area (Å²) in [5.74, 6) is -0.310. The number of alkyl halides is 3. The summed E-state index contributed by atoms with van der Waals surface area (Å²) in [6.07, 6.45) is -4.51. The van der Waals surface area contributed by atoms with Crippen molar-refractivity contribution in [2.45, 2.75) is 18.6 Å². The predicted octanol–water partition coefficient (Wildman–Crippen LogP) is 3.67. The van der Waals surface area contributed by atoms with Gasteiger partial charge in [-0.2, -0.15) is 13.2 Å². The Morgan fingerprint density at radius 3 is 2.36 bits per heavy atom. The van der Waals surface area contributed by atoms with Crippen LogP contribution in [0.4, 0.5) is 13.2 Å². The first-order valence-corrected chi connectivity index (χ1v) is 7.91. The molecular weight excluding hydrogens is 329 g/mol. The number of likely N-dealkylation sites (N-methyl/N-ethyl adjacent to an activating group) is 1. The zero-order valence-corrected chi connectivity index (χ0v) is 14.2. The Morgan fingerprint density at radius 2 is 1.76 bits per heavy atom. The molecule has 0 fully saturated rings. The van der Waals surface area contributed by atoms with Crippen LogP contribution in [-0.4, -0.2) is 31.4 Å². The number of amides is 1. The van der Waals surface area contributed by atoms with E-state index >= 15 is 0 Å². The first-order chi connectivity index (χ1) is 11.8. The van der Waals surface area contributed by atoms with Crippen LogP contribution in [0.5, 0.6) is 0 Å². The van der Waals surface area contributed by atoms with Gasteiger partial charge in [-0.25, -0.2) is 0 Å². The highest BCUT2D eigenvalue weighted by molar-refractivity contribution is 5.79. The molecule has 6 heteroatoms. The molecule has 25 heavy (non-hydrogen) atoms. The second kappa shape index (κ2) is 8.16. The number of hydrogen-bond donors (Lipinski definition) is 1. The molecular formula is C19H21F3N2O. The van der Waals surface area contributed by atoms with Crippen LogP contribution in [-0.2, 0) is 17.4 Å². The van der Waals surface area contributed by atoms with Crippen molar-refractivity contribution in [1.29, 1.82) is 0 Å². The van der Waals surface area contributed by atoms with Crippen LogP contribution < -0.4 is 5.32 Å². The summed E-state index contributed by atoms with van der Waals surface area (Å²) >= 11 is 0. The molecule has 1 amide bonds. The van der Waals surface area contributed by atoms with Crippen LogP contribution in [0.3, 0.4) is 0 Å². The van der Waals surface area contributed by atoms with Crippen LogP contribution in [0.15, 0.2) is 54.6 Å². The minimum Gasteiger partial charge on any atom is -0.348 e. The molecule has 0 saturated carbocycles. The number of nitrogens with one attached hydrogen (secondary N) is 1. The van der Waals surface area contributed by atoms with Crippen molar-refractivity contribution < 1.29 is 18.0 Å². The summed E-state index contributed by atoms with van der Waals surface area (Å²) < 4.78 is 38.3. The third-order valence-electron chi connectivity index (χ3n) is 3.70. The molecule has 2 aromatic carbocycles. The molecule has 3 nitrogen and oxygen atoms in total. The standard InChI is InChI=1S/C19H21F3N2O/c1-24(2)13-17(15-8-4-3-5-9-15)23-18(25)12-14-7-6-10-16(11-14)19(20,21)22/h3-11,17H,12-13H2,1-2H3,(H,23,25). The van der Waals surface area contributed by atoms with E-state index in [1.807, 2.05) is 49.3 Å². The van der Waals surface area contributed by atoms with Crippen molar-refractivity contribution >= 4 is 5.91 Å². The van der Waals surface area contributed by atoms with E-state index in [1.165, 1.54) is 12.1 Å². The average molecular weight is 350 g/mol. The maximum Gasteiger partial charge on any atom is 0.416 e. The quantitative estimate of drug-likeness (QED) is 0.862. The van der Waals surface area contributed by atoms with Gasteiger partial charge >= 0.3 is 6.18 Å². The summed E-state index contributed by atoms with van der Waals surface area (Å²) in [7, 11) is 3.80. The summed E-state index contributed by atoms with van der Waals surface area (Å²) in [6, 6.07) is 14.1. The third kappa shape index (κ3) is 5.90. The van der Waals surface area contributed by atoms with Gasteiger partial charge in [-0.15, -0.1) is 0 Å². The summed E-state index contributed by atoms with van der Waals surface area (Å²) in [4.78, 5) is 14.3. The Morgan fingerprint density at radius 1 is 1.08 bits per heavy atom. The highest BCUT2D eigenvalue weighted by atomic mass is 19.4. The minimum absolute atomic E-state index is 0.0965. The molecule has 0 spiro atoms. The van der Waals surface area contributed by atoms with Gasteiger partial charge in [-0.05, 0) is 31.3 Å². The lowest BCUT2D eigenvalue weighted by Crippen LogP contribution is -2.36. The topological polar surface area (TPSA) is 32.3 Å². The largest absolute Gasteiger partial charge is 0.416 e. The van der Waals surface area contributed by atoms with Gasteiger partial charge in [-0.3, -0.25) is 4.79 Å². The molecule has 134 valence electrons. The summed E-state index contributed by atoms with van der Waals surface area (Å²) in [5.41, 5.74) is 0.545. The van der Waals surface area contributed by atoms with Crippen LogP contribution >= 0.6 is 0 Å². The second-order valence-electron chi connectivity index (χ2n) is 6.17. The normalized spacial score (nSPS) is 12.9. The predicted molar refractivity (Wildman–Crippen MR) is 91.0 cm³/mol. The summed E-state index contributed by atoms with van der Waals surface area (Å²) in [6.45, 7) is 0.596. The summed E-state index contributed by atoms with van der Waals surface area (Å²) in [5, 5.41) is 2.91. The van der Waals surface area contributed by atoms with Gasteiger partial charge in [-0.1, -0.05) is 48.5 Å². The lowest BCUT2D eigenvalue weighted by molar-refractivity contribution is -0.137. The van der Waals surface area contributed by atoms with E-state index in [9.17, 15) is 18.0 Å². The zero-order chi connectivity index (χ0) is 18.4. The Hall–Kier alpha value is -2.34. The van der Waals surface area contributed by atoms with Crippen molar-refractivity contribution in [3.8, 4) is 0 Å².